The van der Waals surface area contributed by atoms with Crippen LogP contribution in [0.25, 0.3) is 0 Å². The van der Waals surface area contributed by atoms with Gasteiger partial charge in [0.15, 0.2) is 13.2 Å². The molecule has 172 valence electrons. The molecule has 2 aromatic carbocycles. The molecule has 1 aliphatic rings. The average molecular weight is 460 g/mol. The SMILES string of the molecule is N#Cc1ccc(C(=O)OCC(=O)N2CCN(C(=O)COC(=O)c3ccc(C#N)cc3)CC2)cc1. The first kappa shape index (κ1) is 24.0. The second-order valence-corrected chi connectivity index (χ2v) is 7.29. The highest BCUT2D eigenvalue weighted by molar-refractivity contribution is 5.92. The van der Waals surface area contributed by atoms with Crippen molar-refractivity contribution in [2.75, 3.05) is 39.4 Å². The average Bonchev–Trinajstić information content (AvgIpc) is 2.90. The van der Waals surface area contributed by atoms with Crippen LogP contribution in [0, 0.1) is 22.7 Å². The first-order valence-electron chi connectivity index (χ1n) is 10.3. The van der Waals surface area contributed by atoms with Crippen molar-refractivity contribution in [3.05, 3.63) is 70.8 Å². The number of benzene rings is 2. The van der Waals surface area contributed by atoms with Gasteiger partial charge in [0, 0.05) is 26.2 Å². The summed E-state index contributed by atoms with van der Waals surface area (Å²) in [6.45, 7) is 0.139. The number of carbonyl (C=O) groups is 4. The Hall–Kier alpha value is -4.70. The predicted octanol–water partition coefficient (Wildman–Crippen LogP) is 1.11. The molecule has 0 aliphatic carbocycles. The number of nitriles is 2. The number of amides is 2. The predicted molar refractivity (Wildman–Crippen MR) is 116 cm³/mol. The van der Waals surface area contributed by atoms with Crippen LogP contribution in [0.5, 0.6) is 0 Å². The van der Waals surface area contributed by atoms with Gasteiger partial charge in [0.05, 0.1) is 34.4 Å². The van der Waals surface area contributed by atoms with Gasteiger partial charge in [-0.2, -0.15) is 10.5 Å². The maximum Gasteiger partial charge on any atom is 0.338 e. The van der Waals surface area contributed by atoms with Crippen LogP contribution in [0.2, 0.25) is 0 Å². The number of nitrogens with zero attached hydrogens (tertiary/aromatic N) is 4. The van der Waals surface area contributed by atoms with Crippen LogP contribution in [0.1, 0.15) is 31.8 Å². The third-order valence-electron chi connectivity index (χ3n) is 5.14. The second-order valence-electron chi connectivity index (χ2n) is 7.29. The third kappa shape index (κ3) is 6.17. The molecule has 0 saturated carbocycles. The second kappa shape index (κ2) is 11.2. The van der Waals surface area contributed by atoms with E-state index in [1.54, 1.807) is 0 Å². The zero-order chi connectivity index (χ0) is 24.5. The smallest absolute Gasteiger partial charge is 0.338 e. The molecule has 1 heterocycles. The molecule has 2 amide bonds. The summed E-state index contributed by atoms with van der Waals surface area (Å²) in [6, 6.07) is 15.6. The van der Waals surface area contributed by atoms with Crippen molar-refractivity contribution in [2.45, 2.75) is 0 Å². The fraction of sp³-hybridized carbons (Fsp3) is 0.250. The monoisotopic (exact) mass is 460 g/mol. The van der Waals surface area contributed by atoms with E-state index < -0.39 is 25.2 Å². The van der Waals surface area contributed by atoms with Crippen LogP contribution in [0.4, 0.5) is 0 Å². The maximum atomic E-state index is 12.3. The lowest BCUT2D eigenvalue weighted by Crippen LogP contribution is -2.52. The van der Waals surface area contributed by atoms with Crippen LogP contribution in [0.3, 0.4) is 0 Å². The quantitative estimate of drug-likeness (QED) is 0.584. The van der Waals surface area contributed by atoms with Gasteiger partial charge in [0.25, 0.3) is 11.8 Å². The lowest BCUT2D eigenvalue weighted by molar-refractivity contribution is -0.142. The summed E-state index contributed by atoms with van der Waals surface area (Å²) in [6.07, 6.45) is 0. The standard InChI is InChI=1S/C24H20N4O6/c25-13-17-1-5-19(6-2-17)23(31)33-15-21(29)27-9-11-28(12-10-27)22(30)16-34-24(32)20-7-3-18(14-26)4-8-20/h1-8H,9-12,15-16H2. The van der Waals surface area contributed by atoms with Crippen molar-refractivity contribution in [1.29, 1.82) is 10.5 Å². The number of rotatable bonds is 6. The van der Waals surface area contributed by atoms with Crippen LogP contribution >= 0.6 is 0 Å². The van der Waals surface area contributed by atoms with Gasteiger partial charge in [0.1, 0.15) is 0 Å². The van der Waals surface area contributed by atoms with E-state index >= 15 is 0 Å². The molecular weight excluding hydrogens is 440 g/mol. The van der Waals surface area contributed by atoms with Crippen LogP contribution in [-0.4, -0.2) is 72.9 Å². The molecule has 10 nitrogen and oxygen atoms in total. The highest BCUT2D eigenvalue weighted by Gasteiger charge is 2.25. The number of hydrogen-bond acceptors (Lipinski definition) is 8. The van der Waals surface area contributed by atoms with Gasteiger partial charge in [-0.05, 0) is 48.5 Å². The topological polar surface area (TPSA) is 141 Å². The Morgan fingerprint density at radius 1 is 0.647 bits per heavy atom. The minimum absolute atomic E-state index is 0.234. The number of hydrogen-bond donors (Lipinski definition) is 0. The maximum absolute atomic E-state index is 12.3. The molecule has 0 unspecified atom stereocenters. The van der Waals surface area contributed by atoms with E-state index in [2.05, 4.69) is 0 Å². The molecule has 2 aromatic rings. The van der Waals surface area contributed by atoms with E-state index in [0.29, 0.717) is 11.1 Å². The summed E-state index contributed by atoms with van der Waals surface area (Å²) in [5.41, 5.74) is 1.28. The van der Waals surface area contributed by atoms with Gasteiger partial charge >= 0.3 is 11.9 Å². The van der Waals surface area contributed by atoms with E-state index in [1.807, 2.05) is 12.1 Å². The van der Waals surface area contributed by atoms with Crippen molar-refractivity contribution in [3.8, 4) is 12.1 Å². The van der Waals surface area contributed by atoms with E-state index in [0.717, 1.165) is 0 Å². The molecule has 0 bridgehead atoms. The third-order valence-corrected chi connectivity index (χ3v) is 5.14. The Morgan fingerprint density at radius 2 is 0.971 bits per heavy atom. The zero-order valence-electron chi connectivity index (χ0n) is 18.1. The van der Waals surface area contributed by atoms with Gasteiger partial charge in [-0.3, -0.25) is 9.59 Å². The van der Waals surface area contributed by atoms with Gasteiger partial charge in [-0.15, -0.1) is 0 Å². The molecule has 0 spiro atoms. The van der Waals surface area contributed by atoms with Gasteiger partial charge in [0.2, 0.25) is 0 Å². The van der Waals surface area contributed by atoms with Gasteiger partial charge in [-0.1, -0.05) is 0 Å². The molecule has 10 heteroatoms. The first-order valence-corrected chi connectivity index (χ1v) is 10.3. The highest BCUT2D eigenvalue weighted by Crippen LogP contribution is 2.08. The molecular formula is C24H20N4O6. The molecule has 0 aromatic heterocycles. The van der Waals surface area contributed by atoms with E-state index in [-0.39, 0.29) is 49.1 Å². The fourth-order valence-electron chi connectivity index (χ4n) is 3.17. The summed E-state index contributed by atoms with van der Waals surface area (Å²) < 4.78 is 10.1. The Labute approximate surface area is 195 Å². The minimum Gasteiger partial charge on any atom is -0.452 e. The lowest BCUT2D eigenvalue weighted by Gasteiger charge is -2.34. The van der Waals surface area contributed by atoms with E-state index in [1.165, 1.54) is 58.3 Å². The number of ether oxygens (including phenoxy) is 2. The molecule has 1 fully saturated rings. The number of carbonyl (C=O) groups excluding carboxylic acids is 4. The Balaban J connectivity index is 1.39. The molecule has 0 atom stereocenters. The van der Waals surface area contributed by atoms with E-state index in [9.17, 15) is 19.2 Å². The van der Waals surface area contributed by atoms with Crippen molar-refractivity contribution < 1.29 is 28.7 Å². The molecule has 1 aliphatic heterocycles. The van der Waals surface area contributed by atoms with Crippen molar-refractivity contribution in [1.82, 2.24) is 9.80 Å². The van der Waals surface area contributed by atoms with Gasteiger partial charge in [-0.25, -0.2) is 9.59 Å². The zero-order valence-corrected chi connectivity index (χ0v) is 18.1. The molecule has 0 radical (unpaired) electrons. The summed E-state index contributed by atoms with van der Waals surface area (Å²) in [7, 11) is 0. The molecule has 1 saturated heterocycles. The summed E-state index contributed by atoms with van der Waals surface area (Å²) in [5, 5.41) is 17.6. The first-order chi connectivity index (χ1) is 16.4. The Bertz CT molecular complexity index is 1060. The lowest BCUT2D eigenvalue weighted by atomic mass is 10.1. The molecule has 34 heavy (non-hydrogen) atoms. The summed E-state index contributed by atoms with van der Waals surface area (Å²) in [5.74, 6) is -2.12. The Morgan fingerprint density at radius 3 is 1.26 bits per heavy atom. The van der Waals surface area contributed by atoms with Crippen LogP contribution < -0.4 is 0 Å². The van der Waals surface area contributed by atoms with Gasteiger partial charge < -0.3 is 19.3 Å². The fourth-order valence-corrected chi connectivity index (χ4v) is 3.17. The molecule has 0 N–H and O–H groups in total. The normalized spacial score (nSPS) is 12.8. The van der Waals surface area contributed by atoms with Crippen molar-refractivity contribution in [2.24, 2.45) is 0 Å². The number of esters is 2. The summed E-state index contributed by atoms with van der Waals surface area (Å²) >= 11 is 0. The van der Waals surface area contributed by atoms with Crippen LogP contribution in [-0.2, 0) is 19.1 Å². The van der Waals surface area contributed by atoms with E-state index in [4.69, 9.17) is 20.0 Å². The largest absolute Gasteiger partial charge is 0.452 e. The molecule has 3 rings (SSSR count). The van der Waals surface area contributed by atoms with Crippen molar-refractivity contribution >= 4 is 23.8 Å². The number of piperazine rings is 1. The minimum atomic E-state index is -0.671. The van der Waals surface area contributed by atoms with Crippen LogP contribution in [0.15, 0.2) is 48.5 Å². The summed E-state index contributed by atoms with van der Waals surface area (Å²) in [4.78, 5) is 51.8. The van der Waals surface area contributed by atoms with Crippen molar-refractivity contribution in [3.63, 3.8) is 0 Å². The highest BCUT2D eigenvalue weighted by atomic mass is 16.5. The Kier molecular flexibility index (Phi) is 7.93.